The number of fused-ring (bicyclic) bond motifs is 1. The number of amides is 1. The zero-order valence-corrected chi connectivity index (χ0v) is 17.6. The molecule has 1 atom stereocenters. The summed E-state index contributed by atoms with van der Waals surface area (Å²) in [7, 11) is 0. The van der Waals surface area contributed by atoms with Gasteiger partial charge in [0.15, 0.2) is 0 Å². The van der Waals surface area contributed by atoms with Crippen LogP contribution in [0.5, 0.6) is 11.5 Å². The highest BCUT2D eigenvalue weighted by atomic mass is 35.5. The predicted molar refractivity (Wildman–Crippen MR) is 121 cm³/mol. The van der Waals surface area contributed by atoms with Crippen molar-refractivity contribution in [2.24, 2.45) is 0 Å². The number of hydrogen-bond acceptors (Lipinski definition) is 3. The van der Waals surface area contributed by atoms with Crippen LogP contribution >= 0.6 is 11.6 Å². The molecule has 0 bridgehead atoms. The number of ether oxygens (including phenoxy) is 1. The lowest BCUT2D eigenvalue weighted by Gasteiger charge is -2.23. The molecule has 2 aliphatic heterocycles. The molecule has 0 aromatic heterocycles. The van der Waals surface area contributed by atoms with Crippen LogP contribution in [0.3, 0.4) is 0 Å². The molecule has 1 amide bonds. The number of halogens is 1. The summed E-state index contributed by atoms with van der Waals surface area (Å²) in [6.45, 7) is 4.04. The molecule has 2 saturated heterocycles. The number of benzene rings is 3. The topological polar surface area (TPSA) is 32.8 Å². The first kappa shape index (κ1) is 19.4. The van der Waals surface area contributed by atoms with Crippen molar-refractivity contribution in [3.05, 3.63) is 71.2 Å². The average molecular weight is 421 g/mol. The molecule has 0 radical (unpaired) electrons. The average Bonchev–Trinajstić information content (AvgIpc) is 3.48. The third-order valence-electron chi connectivity index (χ3n) is 6.27. The molecule has 30 heavy (non-hydrogen) atoms. The SMILES string of the molecule is O=C(c1ccc(Oc2ccc(Cl)c3ccccc23)cc1)N1CC[C@H](N2CCCC2)C1. The van der Waals surface area contributed by atoms with Crippen molar-refractivity contribution >= 4 is 28.3 Å². The second-order valence-electron chi connectivity index (χ2n) is 8.15. The Balaban J connectivity index is 1.28. The summed E-state index contributed by atoms with van der Waals surface area (Å²) in [6.07, 6.45) is 3.65. The summed E-state index contributed by atoms with van der Waals surface area (Å²) in [5.74, 6) is 1.57. The van der Waals surface area contributed by atoms with Gasteiger partial charge >= 0.3 is 0 Å². The van der Waals surface area contributed by atoms with Gasteiger partial charge in [-0.15, -0.1) is 0 Å². The van der Waals surface area contributed by atoms with Crippen molar-refractivity contribution < 1.29 is 9.53 Å². The van der Waals surface area contributed by atoms with Crippen LogP contribution in [-0.2, 0) is 0 Å². The van der Waals surface area contributed by atoms with Gasteiger partial charge in [-0.25, -0.2) is 0 Å². The molecule has 3 aromatic rings. The first-order valence-electron chi connectivity index (χ1n) is 10.7. The van der Waals surface area contributed by atoms with Gasteiger partial charge in [0.25, 0.3) is 5.91 Å². The van der Waals surface area contributed by atoms with Crippen LogP contribution in [0.15, 0.2) is 60.7 Å². The molecule has 0 spiro atoms. The highest BCUT2D eigenvalue weighted by Crippen LogP contribution is 2.34. The molecule has 5 heteroatoms. The maximum Gasteiger partial charge on any atom is 0.253 e. The van der Waals surface area contributed by atoms with Crippen molar-refractivity contribution in [3.8, 4) is 11.5 Å². The van der Waals surface area contributed by atoms with Crippen LogP contribution in [0.25, 0.3) is 10.8 Å². The van der Waals surface area contributed by atoms with Gasteiger partial charge in [-0.05, 0) is 68.8 Å². The van der Waals surface area contributed by atoms with Gasteiger partial charge in [0, 0.05) is 40.5 Å². The van der Waals surface area contributed by atoms with E-state index >= 15 is 0 Å². The molecule has 0 N–H and O–H groups in total. The highest BCUT2D eigenvalue weighted by molar-refractivity contribution is 6.35. The molecule has 5 rings (SSSR count). The minimum absolute atomic E-state index is 0.111. The summed E-state index contributed by atoms with van der Waals surface area (Å²) in [4.78, 5) is 17.5. The lowest BCUT2D eigenvalue weighted by atomic mass is 10.1. The number of nitrogens with zero attached hydrogens (tertiary/aromatic N) is 2. The number of likely N-dealkylation sites (tertiary alicyclic amines) is 2. The first-order valence-corrected chi connectivity index (χ1v) is 11.1. The smallest absolute Gasteiger partial charge is 0.253 e. The molecule has 2 heterocycles. The van der Waals surface area contributed by atoms with Gasteiger partial charge in [-0.1, -0.05) is 35.9 Å². The quantitative estimate of drug-likeness (QED) is 0.551. The number of carbonyl (C=O) groups excluding carboxylic acids is 1. The van der Waals surface area contributed by atoms with Crippen molar-refractivity contribution in [3.63, 3.8) is 0 Å². The van der Waals surface area contributed by atoms with Gasteiger partial charge in [0.05, 0.1) is 0 Å². The van der Waals surface area contributed by atoms with Gasteiger partial charge in [-0.3, -0.25) is 9.69 Å². The van der Waals surface area contributed by atoms with Crippen LogP contribution in [0, 0.1) is 0 Å². The summed E-state index contributed by atoms with van der Waals surface area (Å²) >= 11 is 6.30. The lowest BCUT2D eigenvalue weighted by molar-refractivity contribution is 0.0780. The van der Waals surface area contributed by atoms with Gasteiger partial charge in [0.2, 0.25) is 0 Å². The van der Waals surface area contributed by atoms with Crippen LogP contribution < -0.4 is 4.74 Å². The maximum absolute atomic E-state index is 12.9. The first-order chi connectivity index (χ1) is 14.7. The standard InChI is InChI=1S/C25H25ClN2O2/c26-23-11-12-24(22-6-2-1-5-21(22)23)30-20-9-7-18(8-10-20)25(29)28-16-13-19(17-28)27-14-3-4-15-27/h1-2,5-12,19H,3-4,13-17H2/t19-/m0/s1. The van der Waals surface area contributed by atoms with E-state index in [1.165, 1.54) is 25.9 Å². The summed E-state index contributed by atoms with van der Waals surface area (Å²) in [6, 6.07) is 19.6. The van der Waals surface area contributed by atoms with Crippen LogP contribution in [0.1, 0.15) is 29.6 Å². The van der Waals surface area contributed by atoms with E-state index < -0.39 is 0 Å². The summed E-state index contributed by atoms with van der Waals surface area (Å²) in [5.41, 5.74) is 0.713. The Hall–Kier alpha value is -2.56. The Morgan fingerprint density at radius 1 is 0.900 bits per heavy atom. The molecule has 4 nitrogen and oxygen atoms in total. The van der Waals surface area contributed by atoms with Gasteiger partial charge < -0.3 is 9.64 Å². The van der Waals surface area contributed by atoms with E-state index in [1.807, 2.05) is 65.6 Å². The Kier molecular flexibility index (Phi) is 5.36. The summed E-state index contributed by atoms with van der Waals surface area (Å²) < 4.78 is 6.10. The Bertz CT molecular complexity index is 1060. The predicted octanol–water partition coefficient (Wildman–Crippen LogP) is 5.60. The van der Waals surface area contributed by atoms with E-state index in [-0.39, 0.29) is 5.91 Å². The maximum atomic E-state index is 12.9. The second-order valence-corrected chi connectivity index (χ2v) is 8.56. The monoisotopic (exact) mass is 420 g/mol. The number of rotatable bonds is 4. The molecule has 3 aromatic carbocycles. The zero-order chi connectivity index (χ0) is 20.5. The van der Waals surface area contributed by atoms with E-state index in [9.17, 15) is 4.79 Å². The Morgan fingerprint density at radius 2 is 1.63 bits per heavy atom. The molecule has 2 fully saturated rings. The third kappa shape index (κ3) is 3.78. The molecule has 0 saturated carbocycles. The second kappa shape index (κ2) is 8.29. The fourth-order valence-corrected chi connectivity index (χ4v) is 4.86. The van der Waals surface area contributed by atoms with E-state index in [1.54, 1.807) is 0 Å². The molecular weight excluding hydrogens is 396 g/mol. The minimum atomic E-state index is 0.111. The highest BCUT2D eigenvalue weighted by Gasteiger charge is 2.31. The van der Waals surface area contributed by atoms with Crippen molar-refractivity contribution in [1.29, 1.82) is 0 Å². The Labute approximate surface area is 182 Å². The van der Waals surface area contributed by atoms with E-state index in [2.05, 4.69) is 4.90 Å². The normalized spacial score (nSPS) is 19.5. The van der Waals surface area contributed by atoms with Gasteiger partial charge in [0.1, 0.15) is 11.5 Å². The van der Waals surface area contributed by atoms with E-state index in [0.717, 1.165) is 36.0 Å². The van der Waals surface area contributed by atoms with Crippen LogP contribution in [0.4, 0.5) is 0 Å². The lowest BCUT2D eigenvalue weighted by Crippen LogP contribution is -2.37. The summed E-state index contributed by atoms with van der Waals surface area (Å²) in [5, 5.41) is 2.64. The van der Waals surface area contributed by atoms with Crippen molar-refractivity contribution in [2.45, 2.75) is 25.3 Å². The zero-order valence-electron chi connectivity index (χ0n) is 16.9. The van der Waals surface area contributed by atoms with Crippen LogP contribution in [-0.4, -0.2) is 47.9 Å². The largest absolute Gasteiger partial charge is 0.457 e. The fraction of sp³-hybridized carbons (Fsp3) is 0.320. The van der Waals surface area contributed by atoms with Gasteiger partial charge in [-0.2, -0.15) is 0 Å². The van der Waals surface area contributed by atoms with Crippen molar-refractivity contribution in [1.82, 2.24) is 9.80 Å². The van der Waals surface area contributed by atoms with E-state index in [0.29, 0.717) is 22.4 Å². The molecule has 0 unspecified atom stereocenters. The van der Waals surface area contributed by atoms with Crippen molar-refractivity contribution in [2.75, 3.05) is 26.2 Å². The molecular formula is C25H25ClN2O2. The fourth-order valence-electron chi connectivity index (χ4n) is 4.63. The Morgan fingerprint density at radius 3 is 2.40 bits per heavy atom. The molecule has 2 aliphatic rings. The molecule has 0 aliphatic carbocycles. The number of hydrogen-bond donors (Lipinski definition) is 0. The minimum Gasteiger partial charge on any atom is -0.457 e. The third-order valence-corrected chi connectivity index (χ3v) is 6.60. The molecule has 154 valence electrons. The van der Waals surface area contributed by atoms with Crippen LogP contribution in [0.2, 0.25) is 5.02 Å². The number of carbonyl (C=O) groups is 1. The van der Waals surface area contributed by atoms with E-state index in [4.69, 9.17) is 16.3 Å².